The number of hydrogen-bond donors (Lipinski definition) is 1. The molecule has 0 saturated carbocycles. The number of likely N-dealkylation sites (N-methyl/N-ethyl adjacent to an activating group) is 1. The first kappa shape index (κ1) is 16.5. The third kappa shape index (κ3) is 3.49. The Morgan fingerprint density at radius 2 is 2.24 bits per heavy atom. The number of ether oxygens (including phenoxy) is 1. The molecule has 0 aliphatic carbocycles. The molecule has 2 heterocycles. The van der Waals surface area contributed by atoms with E-state index in [1.807, 2.05) is 12.4 Å². The van der Waals surface area contributed by atoms with Crippen LogP contribution in [0.25, 0.3) is 0 Å². The molecule has 0 amide bonds. The van der Waals surface area contributed by atoms with Gasteiger partial charge in [0.2, 0.25) is 0 Å². The Hall–Kier alpha value is -0.850. The average molecular weight is 372 g/mol. The average Bonchev–Trinajstić information content (AvgIpc) is 3.09. The molecular formula is C15H22BrN3OS. The van der Waals surface area contributed by atoms with Crippen LogP contribution in [0.4, 0.5) is 0 Å². The van der Waals surface area contributed by atoms with Crippen molar-refractivity contribution in [2.24, 2.45) is 0 Å². The maximum atomic E-state index is 5.29. The Labute approximate surface area is 138 Å². The number of rotatable bonds is 7. The monoisotopic (exact) mass is 371 g/mol. The third-order valence-corrected chi connectivity index (χ3v) is 5.55. The van der Waals surface area contributed by atoms with Gasteiger partial charge in [0.1, 0.15) is 5.75 Å². The van der Waals surface area contributed by atoms with Crippen molar-refractivity contribution in [2.75, 3.05) is 14.2 Å². The highest BCUT2D eigenvalue weighted by molar-refractivity contribution is 9.10. The normalized spacial score (nSPS) is 12.6. The molecule has 0 saturated heterocycles. The molecule has 0 spiro atoms. The molecule has 0 aliphatic heterocycles. The lowest BCUT2D eigenvalue weighted by Gasteiger charge is -2.15. The fraction of sp³-hybridized carbons (Fsp3) is 0.533. The summed E-state index contributed by atoms with van der Waals surface area (Å²) in [4.78, 5) is 1.28. The zero-order valence-electron chi connectivity index (χ0n) is 12.9. The van der Waals surface area contributed by atoms with Crippen LogP contribution >= 0.6 is 27.3 Å². The number of nitrogens with zero attached hydrogens (tertiary/aromatic N) is 2. The number of methoxy groups -OCH3 is 1. The Bertz CT molecular complexity index is 594. The first-order valence-electron chi connectivity index (χ1n) is 7.18. The predicted octanol–water partition coefficient (Wildman–Crippen LogP) is 3.80. The molecule has 2 rings (SSSR count). The number of aromatic nitrogens is 2. The molecular weight excluding hydrogens is 350 g/mol. The molecule has 1 unspecified atom stereocenters. The van der Waals surface area contributed by atoms with Gasteiger partial charge in [-0.2, -0.15) is 5.10 Å². The van der Waals surface area contributed by atoms with Crippen molar-refractivity contribution in [3.8, 4) is 5.75 Å². The smallest absolute Gasteiger partial charge is 0.129 e. The van der Waals surface area contributed by atoms with Crippen LogP contribution in [0.1, 0.15) is 36.2 Å². The van der Waals surface area contributed by atoms with E-state index in [4.69, 9.17) is 4.74 Å². The molecule has 1 N–H and O–H groups in total. The van der Waals surface area contributed by atoms with E-state index in [0.29, 0.717) is 0 Å². The molecule has 2 aromatic heterocycles. The maximum absolute atomic E-state index is 5.29. The summed E-state index contributed by atoms with van der Waals surface area (Å²) in [7, 11) is 3.70. The molecule has 21 heavy (non-hydrogen) atoms. The molecule has 6 heteroatoms. The predicted molar refractivity (Wildman–Crippen MR) is 91.4 cm³/mol. The lowest BCUT2D eigenvalue weighted by molar-refractivity contribution is 0.416. The quantitative estimate of drug-likeness (QED) is 0.804. The first-order valence-corrected chi connectivity index (χ1v) is 8.85. The molecule has 0 bridgehead atoms. The minimum atomic E-state index is 0.266. The van der Waals surface area contributed by atoms with Crippen LogP contribution in [0.5, 0.6) is 5.75 Å². The number of nitrogens with one attached hydrogen (secondary N) is 1. The van der Waals surface area contributed by atoms with Crippen LogP contribution < -0.4 is 10.1 Å². The van der Waals surface area contributed by atoms with Crippen molar-refractivity contribution in [3.63, 3.8) is 0 Å². The number of aryl methyl sites for hydroxylation is 2. The van der Waals surface area contributed by atoms with Gasteiger partial charge in [0.15, 0.2) is 0 Å². The van der Waals surface area contributed by atoms with E-state index < -0.39 is 0 Å². The highest BCUT2D eigenvalue weighted by Gasteiger charge is 2.20. The van der Waals surface area contributed by atoms with Crippen LogP contribution in [-0.2, 0) is 19.4 Å². The van der Waals surface area contributed by atoms with Crippen LogP contribution in [-0.4, -0.2) is 23.9 Å². The van der Waals surface area contributed by atoms with Gasteiger partial charge in [-0.05, 0) is 42.4 Å². The van der Waals surface area contributed by atoms with Gasteiger partial charge in [0.25, 0.3) is 0 Å². The molecule has 0 fully saturated rings. The summed E-state index contributed by atoms with van der Waals surface area (Å²) >= 11 is 5.45. The SMILES string of the molecule is CCc1nn(CC)c(CC(NC)c2cc(OC)cs2)c1Br. The molecule has 2 aromatic rings. The lowest BCUT2D eigenvalue weighted by Crippen LogP contribution is -2.19. The zero-order valence-corrected chi connectivity index (χ0v) is 15.3. The van der Waals surface area contributed by atoms with Crippen molar-refractivity contribution in [3.05, 3.63) is 32.2 Å². The summed E-state index contributed by atoms with van der Waals surface area (Å²) in [6.45, 7) is 5.15. The Morgan fingerprint density at radius 3 is 2.76 bits per heavy atom. The highest BCUT2D eigenvalue weighted by Crippen LogP contribution is 2.31. The van der Waals surface area contributed by atoms with E-state index in [9.17, 15) is 0 Å². The fourth-order valence-electron chi connectivity index (χ4n) is 2.37. The molecule has 116 valence electrons. The number of halogens is 1. The van der Waals surface area contributed by atoms with Crippen molar-refractivity contribution >= 4 is 27.3 Å². The Kier molecular flexibility index (Phi) is 5.84. The van der Waals surface area contributed by atoms with Gasteiger partial charge in [0, 0.05) is 29.3 Å². The molecule has 0 radical (unpaired) electrons. The molecule has 0 aromatic carbocycles. The van der Waals surface area contributed by atoms with E-state index in [2.05, 4.69) is 50.9 Å². The summed E-state index contributed by atoms with van der Waals surface area (Å²) < 4.78 is 8.53. The van der Waals surface area contributed by atoms with Gasteiger partial charge in [-0.15, -0.1) is 11.3 Å². The summed E-state index contributed by atoms with van der Waals surface area (Å²) in [5.74, 6) is 0.924. The summed E-state index contributed by atoms with van der Waals surface area (Å²) in [5, 5.41) is 10.1. The van der Waals surface area contributed by atoms with E-state index in [-0.39, 0.29) is 6.04 Å². The van der Waals surface area contributed by atoms with Crippen molar-refractivity contribution in [2.45, 2.75) is 39.3 Å². The van der Waals surface area contributed by atoms with E-state index in [0.717, 1.165) is 35.3 Å². The number of thiophene rings is 1. The Morgan fingerprint density at radius 1 is 1.48 bits per heavy atom. The summed E-state index contributed by atoms with van der Waals surface area (Å²) in [5.41, 5.74) is 2.38. The van der Waals surface area contributed by atoms with Crippen LogP contribution in [0.3, 0.4) is 0 Å². The first-order chi connectivity index (χ1) is 10.1. The van der Waals surface area contributed by atoms with Crippen LogP contribution in [0.2, 0.25) is 0 Å². The molecule has 4 nitrogen and oxygen atoms in total. The fourth-order valence-corrected chi connectivity index (χ4v) is 4.07. The van der Waals surface area contributed by atoms with E-state index in [1.54, 1.807) is 18.4 Å². The van der Waals surface area contributed by atoms with Gasteiger partial charge in [-0.25, -0.2) is 0 Å². The summed E-state index contributed by atoms with van der Waals surface area (Å²) in [6.07, 6.45) is 1.85. The van der Waals surface area contributed by atoms with Gasteiger partial charge in [-0.1, -0.05) is 6.92 Å². The molecule has 0 aliphatic rings. The maximum Gasteiger partial charge on any atom is 0.129 e. The van der Waals surface area contributed by atoms with Crippen molar-refractivity contribution < 1.29 is 4.74 Å². The van der Waals surface area contributed by atoms with Gasteiger partial charge in [0.05, 0.1) is 23.0 Å². The zero-order chi connectivity index (χ0) is 15.4. The standard InChI is InChI=1S/C15H22BrN3OS/c1-5-11-15(16)13(19(6-2)18-11)8-12(17-3)14-7-10(20-4)9-21-14/h7,9,12,17H,5-6,8H2,1-4H3. The van der Waals surface area contributed by atoms with E-state index in [1.165, 1.54) is 10.6 Å². The lowest BCUT2D eigenvalue weighted by atomic mass is 10.1. The summed E-state index contributed by atoms with van der Waals surface area (Å²) in [6, 6.07) is 2.37. The van der Waals surface area contributed by atoms with E-state index >= 15 is 0 Å². The molecule has 1 atom stereocenters. The van der Waals surface area contributed by atoms with Crippen LogP contribution in [0.15, 0.2) is 15.9 Å². The minimum Gasteiger partial charge on any atom is -0.496 e. The van der Waals surface area contributed by atoms with Crippen LogP contribution in [0, 0.1) is 0 Å². The van der Waals surface area contributed by atoms with Gasteiger partial charge < -0.3 is 10.1 Å². The minimum absolute atomic E-state index is 0.266. The van der Waals surface area contributed by atoms with Crippen molar-refractivity contribution in [1.82, 2.24) is 15.1 Å². The second-order valence-electron chi connectivity index (χ2n) is 4.81. The Balaban J connectivity index is 2.27. The third-order valence-electron chi connectivity index (χ3n) is 3.61. The number of hydrogen-bond acceptors (Lipinski definition) is 4. The highest BCUT2D eigenvalue weighted by atomic mass is 79.9. The topological polar surface area (TPSA) is 39.1 Å². The van der Waals surface area contributed by atoms with Gasteiger partial charge in [-0.3, -0.25) is 4.68 Å². The largest absolute Gasteiger partial charge is 0.496 e. The van der Waals surface area contributed by atoms with Gasteiger partial charge >= 0.3 is 0 Å². The second-order valence-corrected chi connectivity index (χ2v) is 6.55. The van der Waals surface area contributed by atoms with Crippen molar-refractivity contribution in [1.29, 1.82) is 0 Å². The second kappa shape index (κ2) is 7.42.